The molecule has 8 heteroatoms. The normalized spacial score (nSPS) is 11.2. The van der Waals surface area contributed by atoms with Crippen LogP contribution in [0.5, 0.6) is 0 Å². The van der Waals surface area contributed by atoms with Gasteiger partial charge in [-0.25, -0.2) is 12.8 Å². The molecule has 2 aromatic rings. The molecular weight excluding hydrogens is 361 g/mol. The third-order valence-corrected chi connectivity index (χ3v) is 4.97. The summed E-state index contributed by atoms with van der Waals surface area (Å²) >= 11 is 0. The molecule has 1 N–H and O–H groups in total. The Labute approximate surface area is 151 Å². The molecule has 26 heavy (non-hydrogen) atoms. The minimum absolute atomic E-state index is 0.309. The Morgan fingerprint density at radius 2 is 1.85 bits per heavy atom. The standard InChI is InChI=1S/C18H18FNO5S/c1-12-6-7-13(2)16(8-12)17(21)11-25-18(22)10-20-26(23,24)15-5-3-4-14(19)9-15/h3-9,20H,10-11H2,1-2H3. The maximum atomic E-state index is 13.1. The molecule has 0 saturated heterocycles. The summed E-state index contributed by atoms with van der Waals surface area (Å²) in [5.41, 5.74) is 2.09. The smallest absolute Gasteiger partial charge is 0.321 e. The molecule has 2 aromatic carbocycles. The Kier molecular flexibility index (Phi) is 6.23. The van der Waals surface area contributed by atoms with E-state index in [1.54, 1.807) is 19.1 Å². The molecule has 0 heterocycles. The molecule has 0 amide bonds. The SMILES string of the molecule is Cc1ccc(C)c(C(=O)COC(=O)CNS(=O)(=O)c2cccc(F)c2)c1. The van der Waals surface area contributed by atoms with Gasteiger partial charge < -0.3 is 4.74 Å². The number of carbonyl (C=O) groups excluding carboxylic acids is 2. The van der Waals surface area contributed by atoms with Gasteiger partial charge >= 0.3 is 5.97 Å². The number of hydrogen-bond acceptors (Lipinski definition) is 5. The van der Waals surface area contributed by atoms with E-state index in [0.29, 0.717) is 5.56 Å². The monoisotopic (exact) mass is 379 g/mol. The number of sulfonamides is 1. The van der Waals surface area contributed by atoms with Crippen molar-refractivity contribution in [2.75, 3.05) is 13.2 Å². The zero-order chi connectivity index (χ0) is 19.3. The van der Waals surface area contributed by atoms with Gasteiger partial charge in [-0.1, -0.05) is 23.8 Å². The van der Waals surface area contributed by atoms with Gasteiger partial charge in [-0.05, 0) is 43.7 Å². The van der Waals surface area contributed by atoms with E-state index in [0.717, 1.165) is 23.3 Å². The first-order valence-corrected chi connectivity index (χ1v) is 9.18. The number of hydrogen-bond donors (Lipinski definition) is 1. The van der Waals surface area contributed by atoms with Gasteiger partial charge in [0.25, 0.3) is 0 Å². The van der Waals surface area contributed by atoms with Gasteiger partial charge in [0.15, 0.2) is 6.61 Å². The van der Waals surface area contributed by atoms with Crippen molar-refractivity contribution >= 4 is 21.8 Å². The number of rotatable bonds is 7. The zero-order valence-corrected chi connectivity index (χ0v) is 15.1. The lowest BCUT2D eigenvalue weighted by Crippen LogP contribution is -2.31. The van der Waals surface area contributed by atoms with Gasteiger partial charge in [0.05, 0.1) is 4.90 Å². The van der Waals surface area contributed by atoms with E-state index in [-0.39, 0.29) is 10.7 Å². The van der Waals surface area contributed by atoms with Gasteiger partial charge in [-0.3, -0.25) is 9.59 Å². The Morgan fingerprint density at radius 1 is 1.12 bits per heavy atom. The highest BCUT2D eigenvalue weighted by Gasteiger charge is 2.18. The number of ketones is 1. The maximum absolute atomic E-state index is 13.1. The van der Waals surface area contributed by atoms with E-state index in [1.165, 1.54) is 12.1 Å². The van der Waals surface area contributed by atoms with Crippen molar-refractivity contribution in [3.63, 3.8) is 0 Å². The first-order valence-electron chi connectivity index (χ1n) is 7.70. The van der Waals surface area contributed by atoms with Crippen molar-refractivity contribution in [1.82, 2.24) is 4.72 Å². The Hall–Kier alpha value is -2.58. The van der Waals surface area contributed by atoms with Crippen LogP contribution in [0.2, 0.25) is 0 Å². The molecular formula is C18H18FNO5S. The molecule has 0 bridgehead atoms. The highest BCUT2D eigenvalue weighted by atomic mass is 32.2. The van der Waals surface area contributed by atoms with Crippen LogP contribution in [0.4, 0.5) is 4.39 Å². The second-order valence-electron chi connectivity index (χ2n) is 5.68. The summed E-state index contributed by atoms with van der Waals surface area (Å²) in [6, 6.07) is 9.71. The quantitative estimate of drug-likeness (QED) is 0.588. The van der Waals surface area contributed by atoms with Crippen molar-refractivity contribution in [2.45, 2.75) is 18.7 Å². The van der Waals surface area contributed by atoms with Gasteiger partial charge in [0, 0.05) is 5.56 Å². The van der Waals surface area contributed by atoms with Crippen LogP contribution in [0.25, 0.3) is 0 Å². The van der Waals surface area contributed by atoms with E-state index < -0.39 is 35.0 Å². The number of aryl methyl sites for hydroxylation is 2. The predicted molar refractivity (Wildman–Crippen MR) is 92.8 cm³/mol. The predicted octanol–water partition coefficient (Wildman–Crippen LogP) is 2.15. The lowest BCUT2D eigenvalue weighted by Gasteiger charge is -2.09. The molecule has 0 aliphatic carbocycles. The lowest BCUT2D eigenvalue weighted by molar-refractivity contribution is -0.141. The highest BCUT2D eigenvalue weighted by Crippen LogP contribution is 2.12. The first-order chi connectivity index (χ1) is 12.2. The average Bonchev–Trinajstić information content (AvgIpc) is 2.60. The fourth-order valence-electron chi connectivity index (χ4n) is 2.18. The molecule has 0 radical (unpaired) electrons. The van der Waals surface area contributed by atoms with Crippen LogP contribution in [-0.4, -0.2) is 33.3 Å². The Morgan fingerprint density at radius 3 is 2.54 bits per heavy atom. The van der Waals surface area contributed by atoms with Crippen LogP contribution in [0.1, 0.15) is 21.5 Å². The summed E-state index contributed by atoms with van der Waals surface area (Å²) in [5.74, 6) is -2.01. The largest absolute Gasteiger partial charge is 0.456 e. The molecule has 0 atom stereocenters. The fraction of sp³-hybridized carbons (Fsp3) is 0.222. The summed E-state index contributed by atoms with van der Waals surface area (Å²) in [5, 5.41) is 0. The number of nitrogens with one attached hydrogen (secondary N) is 1. The number of carbonyl (C=O) groups is 2. The lowest BCUT2D eigenvalue weighted by atomic mass is 10.0. The van der Waals surface area contributed by atoms with Crippen molar-refractivity contribution in [1.29, 1.82) is 0 Å². The molecule has 6 nitrogen and oxygen atoms in total. The van der Waals surface area contributed by atoms with E-state index in [4.69, 9.17) is 4.74 Å². The van der Waals surface area contributed by atoms with Gasteiger partial charge in [0.2, 0.25) is 15.8 Å². The molecule has 0 unspecified atom stereocenters. The Balaban J connectivity index is 1.91. The minimum atomic E-state index is -4.06. The third kappa shape index (κ3) is 5.21. The molecule has 138 valence electrons. The van der Waals surface area contributed by atoms with E-state index in [9.17, 15) is 22.4 Å². The second kappa shape index (κ2) is 8.20. The van der Waals surface area contributed by atoms with Crippen LogP contribution in [0.15, 0.2) is 47.4 Å². The van der Waals surface area contributed by atoms with Gasteiger partial charge in [-0.15, -0.1) is 0 Å². The number of ether oxygens (including phenoxy) is 1. The Bertz CT molecular complexity index is 940. The molecule has 0 aliphatic heterocycles. The second-order valence-corrected chi connectivity index (χ2v) is 7.45. The van der Waals surface area contributed by atoms with Gasteiger partial charge in [0.1, 0.15) is 12.4 Å². The van der Waals surface area contributed by atoms with Crippen LogP contribution in [-0.2, 0) is 19.6 Å². The first kappa shape index (κ1) is 19.7. The summed E-state index contributed by atoms with van der Waals surface area (Å²) in [4.78, 5) is 23.5. The molecule has 0 spiro atoms. The number of halogens is 1. The number of Topliss-reactive ketones (excluding diaryl/α,β-unsaturated/α-hetero) is 1. The highest BCUT2D eigenvalue weighted by molar-refractivity contribution is 7.89. The van der Waals surface area contributed by atoms with Crippen LogP contribution in [0, 0.1) is 19.7 Å². The summed E-state index contributed by atoms with van der Waals surface area (Å²) in [6.07, 6.45) is 0. The zero-order valence-electron chi connectivity index (χ0n) is 14.3. The van der Waals surface area contributed by atoms with E-state index >= 15 is 0 Å². The number of esters is 1. The van der Waals surface area contributed by atoms with E-state index in [1.807, 2.05) is 17.7 Å². The third-order valence-electron chi connectivity index (χ3n) is 3.57. The fourth-order valence-corrected chi connectivity index (χ4v) is 3.18. The number of benzene rings is 2. The molecule has 0 aromatic heterocycles. The molecule has 2 rings (SSSR count). The van der Waals surface area contributed by atoms with Crippen molar-refractivity contribution in [2.24, 2.45) is 0 Å². The minimum Gasteiger partial charge on any atom is -0.456 e. The van der Waals surface area contributed by atoms with Crippen LogP contribution < -0.4 is 4.72 Å². The summed E-state index contributed by atoms with van der Waals surface area (Å²) < 4.78 is 43.9. The molecule has 0 saturated carbocycles. The van der Waals surface area contributed by atoms with Crippen LogP contribution >= 0.6 is 0 Å². The summed E-state index contributed by atoms with van der Waals surface area (Å²) in [6.45, 7) is 2.44. The van der Waals surface area contributed by atoms with Crippen molar-refractivity contribution in [3.8, 4) is 0 Å². The van der Waals surface area contributed by atoms with Gasteiger partial charge in [-0.2, -0.15) is 4.72 Å². The average molecular weight is 379 g/mol. The van der Waals surface area contributed by atoms with Crippen LogP contribution in [0.3, 0.4) is 0 Å². The molecule has 0 fully saturated rings. The topological polar surface area (TPSA) is 89.5 Å². The molecule has 0 aliphatic rings. The maximum Gasteiger partial charge on any atom is 0.321 e. The van der Waals surface area contributed by atoms with Crippen molar-refractivity contribution < 1.29 is 27.1 Å². The van der Waals surface area contributed by atoms with Crippen molar-refractivity contribution in [3.05, 3.63) is 65.0 Å². The summed E-state index contributed by atoms with van der Waals surface area (Å²) in [7, 11) is -4.06. The van der Waals surface area contributed by atoms with E-state index in [2.05, 4.69) is 0 Å².